The summed E-state index contributed by atoms with van der Waals surface area (Å²) in [6.45, 7) is 0.641. The predicted molar refractivity (Wildman–Crippen MR) is 86.0 cm³/mol. The Morgan fingerprint density at radius 1 is 1.30 bits per heavy atom. The normalized spacial score (nSPS) is 16.1. The second-order valence-corrected chi connectivity index (χ2v) is 6.14. The fraction of sp³-hybridized carbons (Fsp3) is 0.188. The van der Waals surface area contributed by atoms with E-state index in [1.54, 1.807) is 12.1 Å². The lowest BCUT2D eigenvalue weighted by molar-refractivity contribution is 0.0949. The molecule has 1 atom stereocenters. The van der Waals surface area contributed by atoms with Gasteiger partial charge in [0, 0.05) is 18.0 Å². The Kier molecular flexibility index (Phi) is 3.65. The van der Waals surface area contributed by atoms with Gasteiger partial charge in [-0.1, -0.05) is 24.3 Å². The van der Waals surface area contributed by atoms with E-state index in [0.29, 0.717) is 18.0 Å². The molecule has 0 heterocycles. The average Bonchev–Trinajstić information content (AvgIpc) is 2.42. The van der Waals surface area contributed by atoms with Gasteiger partial charge in [-0.15, -0.1) is 0 Å². The van der Waals surface area contributed by atoms with Crippen molar-refractivity contribution in [2.24, 2.45) is 0 Å². The van der Waals surface area contributed by atoms with Crippen molar-refractivity contribution >= 4 is 28.5 Å². The molecule has 1 amide bonds. The van der Waals surface area contributed by atoms with Gasteiger partial charge in [0.05, 0.1) is 3.57 Å². The minimum absolute atomic E-state index is 0.138. The molecule has 1 unspecified atom stereocenters. The van der Waals surface area contributed by atoms with Crippen molar-refractivity contribution in [3.05, 3.63) is 62.7 Å². The van der Waals surface area contributed by atoms with E-state index in [4.69, 9.17) is 0 Å². The van der Waals surface area contributed by atoms with E-state index in [1.165, 1.54) is 17.2 Å². The van der Waals surface area contributed by atoms with Crippen LogP contribution in [0.4, 0.5) is 0 Å². The maximum absolute atomic E-state index is 12.0. The van der Waals surface area contributed by atoms with Crippen molar-refractivity contribution in [3.8, 4) is 5.75 Å². The molecule has 0 aromatic heterocycles. The molecule has 102 valence electrons. The summed E-state index contributed by atoms with van der Waals surface area (Å²) in [6.07, 6.45) is 1.02. The molecule has 4 heteroatoms. The standard InChI is InChI=1S/C16H14INO2/c17-14-6-5-11(8-15(14)19)16(20)18-9-12-7-10-3-1-2-4-13(10)12/h1-6,8,12,19H,7,9H2,(H,18,20). The van der Waals surface area contributed by atoms with Crippen molar-refractivity contribution in [3.63, 3.8) is 0 Å². The van der Waals surface area contributed by atoms with Crippen LogP contribution in [0.5, 0.6) is 5.75 Å². The van der Waals surface area contributed by atoms with E-state index in [-0.39, 0.29) is 11.7 Å². The number of aromatic hydroxyl groups is 1. The van der Waals surface area contributed by atoms with Crippen LogP contribution in [0.2, 0.25) is 0 Å². The van der Waals surface area contributed by atoms with E-state index >= 15 is 0 Å². The number of phenols is 1. The SMILES string of the molecule is O=C(NCC1Cc2ccccc21)c1ccc(I)c(O)c1. The lowest BCUT2D eigenvalue weighted by atomic mass is 9.77. The Morgan fingerprint density at radius 2 is 2.10 bits per heavy atom. The molecule has 2 aromatic rings. The van der Waals surface area contributed by atoms with Crippen LogP contribution in [0.15, 0.2) is 42.5 Å². The molecule has 1 aliphatic rings. The Balaban J connectivity index is 1.62. The fourth-order valence-corrected chi connectivity index (χ4v) is 2.85. The average molecular weight is 379 g/mol. The predicted octanol–water partition coefficient (Wildman–Crippen LogP) is 3.07. The first kappa shape index (κ1) is 13.4. The van der Waals surface area contributed by atoms with Crippen LogP contribution in [0.3, 0.4) is 0 Å². The van der Waals surface area contributed by atoms with Crippen LogP contribution in [0, 0.1) is 3.57 Å². The summed E-state index contributed by atoms with van der Waals surface area (Å²) >= 11 is 2.03. The maximum Gasteiger partial charge on any atom is 0.251 e. The zero-order valence-electron chi connectivity index (χ0n) is 10.8. The van der Waals surface area contributed by atoms with Gasteiger partial charge in [0.25, 0.3) is 5.91 Å². The quantitative estimate of drug-likeness (QED) is 0.806. The van der Waals surface area contributed by atoms with Crippen LogP contribution < -0.4 is 5.32 Å². The van der Waals surface area contributed by atoms with Crippen LogP contribution in [-0.2, 0) is 6.42 Å². The van der Waals surface area contributed by atoms with Crippen molar-refractivity contribution in [1.82, 2.24) is 5.32 Å². The van der Waals surface area contributed by atoms with Gasteiger partial charge in [0.15, 0.2) is 0 Å². The molecule has 2 aromatic carbocycles. The number of carbonyl (C=O) groups excluding carboxylic acids is 1. The highest BCUT2D eigenvalue weighted by molar-refractivity contribution is 14.1. The molecule has 0 spiro atoms. The van der Waals surface area contributed by atoms with Gasteiger partial charge in [0.2, 0.25) is 0 Å². The number of carbonyl (C=O) groups is 1. The van der Waals surface area contributed by atoms with Gasteiger partial charge >= 0.3 is 0 Å². The first-order valence-electron chi connectivity index (χ1n) is 6.49. The van der Waals surface area contributed by atoms with Gasteiger partial charge in [-0.25, -0.2) is 0 Å². The molecule has 0 saturated carbocycles. The monoisotopic (exact) mass is 379 g/mol. The van der Waals surface area contributed by atoms with Gasteiger partial charge < -0.3 is 10.4 Å². The number of hydrogen-bond acceptors (Lipinski definition) is 2. The Hall–Kier alpha value is -1.56. The smallest absolute Gasteiger partial charge is 0.251 e. The highest BCUT2D eigenvalue weighted by atomic mass is 127. The van der Waals surface area contributed by atoms with E-state index in [0.717, 1.165) is 9.99 Å². The Labute approximate surface area is 131 Å². The van der Waals surface area contributed by atoms with Gasteiger partial charge in [-0.3, -0.25) is 4.79 Å². The third-order valence-corrected chi connectivity index (χ3v) is 4.59. The van der Waals surface area contributed by atoms with Crippen LogP contribution >= 0.6 is 22.6 Å². The zero-order valence-corrected chi connectivity index (χ0v) is 12.9. The minimum atomic E-state index is -0.138. The molecule has 0 radical (unpaired) electrons. The van der Waals surface area contributed by atoms with Crippen molar-refractivity contribution in [2.75, 3.05) is 6.54 Å². The molecule has 3 nitrogen and oxygen atoms in total. The van der Waals surface area contributed by atoms with E-state index in [9.17, 15) is 9.90 Å². The summed E-state index contributed by atoms with van der Waals surface area (Å²) in [7, 11) is 0. The lowest BCUT2D eigenvalue weighted by Gasteiger charge is -2.30. The molecule has 0 fully saturated rings. The molecule has 0 aliphatic heterocycles. The summed E-state index contributed by atoms with van der Waals surface area (Å²) < 4.78 is 0.743. The highest BCUT2D eigenvalue weighted by Crippen LogP contribution is 2.34. The van der Waals surface area contributed by atoms with E-state index in [2.05, 4.69) is 17.4 Å². The second-order valence-electron chi connectivity index (χ2n) is 4.98. The molecule has 0 saturated heterocycles. The number of halogens is 1. The van der Waals surface area contributed by atoms with Crippen LogP contribution in [-0.4, -0.2) is 17.6 Å². The van der Waals surface area contributed by atoms with Crippen molar-refractivity contribution in [2.45, 2.75) is 12.3 Å². The van der Waals surface area contributed by atoms with Gasteiger partial charge in [-0.05, 0) is 58.3 Å². The van der Waals surface area contributed by atoms with Gasteiger partial charge in [-0.2, -0.15) is 0 Å². The summed E-state index contributed by atoms with van der Waals surface area (Å²) in [4.78, 5) is 12.0. The van der Waals surface area contributed by atoms with Gasteiger partial charge in [0.1, 0.15) is 5.75 Å². The molecule has 1 aliphatic carbocycles. The summed E-state index contributed by atoms with van der Waals surface area (Å²) in [5, 5.41) is 12.6. The number of fused-ring (bicyclic) bond motifs is 1. The molecule has 2 N–H and O–H groups in total. The molecule has 0 bridgehead atoms. The lowest BCUT2D eigenvalue weighted by Crippen LogP contribution is -2.33. The number of rotatable bonds is 3. The minimum Gasteiger partial charge on any atom is -0.507 e. The van der Waals surface area contributed by atoms with Crippen molar-refractivity contribution < 1.29 is 9.90 Å². The van der Waals surface area contributed by atoms with E-state index in [1.807, 2.05) is 34.7 Å². The van der Waals surface area contributed by atoms with Crippen LogP contribution in [0.1, 0.15) is 27.4 Å². The maximum atomic E-state index is 12.0. The number of benzene rings is 2. The molecular formula is C16H14INO2. The summed E-state index contributed by atoms with van der Waals surface area (Å²) in [5.74, 6) is 0.418. The zero-order chi connectivity index (χ0) is 14.1. The first-order chi connectivity index (χ1) is 9.65. The largest absolute Gasteiger partial charge is 0.507 e. The molecule has 20 heavy (non-hydrogen) atoms. The van der Waals surface area contributed by atoms with Crippen LogP contribution in [0.25, 0.3) is 0 Å². The topological polar surface area (TPSA) is 49.3 Å². The molecule has 3 rings (SSSR count). The van der Waals surface area contributed by atoms with E-state index < -0.39 is 0 Å². The third kappa shape index (κ3) is 2.52. The number of amides is 1. The summed E-state index contributed by atoms with van der Waals surface area (Å²) in [6, 6.07) is 13.3. The Bertz CT molecular complexity index is 669. The third-order valence-electron chi connectivity index (χ3n) is 3.68. The fourth-order valence-electron chi connectivity index (χ4n) is 2.52. The van der Waals surface area contributed by atoms with Crippen molar-refractivity contribution in [1.29, 1.82) is 0 Å². The molecular weight excluding hydrogens is 365 g/mol. The highest BCUT2D eigenvalue weighted by Gasteiger charge is 2.25. The number of phenolic OH excluding ortho intramolecular Hbond substituents is 1. The second kappa shape index (κ2) is 5.44. The first-order valence-corrected chi connectivity index (χ1v) is 7.57. The number of nitrogens with one attached hydrogen (secondary N) is 1. The Morgan fingerprint density at radius 3 is 2.85 bits per heavy atom. The summed E-state index contributed by atoms with van der Waals surface area (Å²) in [5.41, 5.74) is 3.20. The number of hydrogen-bond donors (Lipinski definition) is 2.